The van der Waals surface area contributed by atoms with Gasteiger partial charge in [0.15, 0.2) is 0 Å². The molecule has 2 aromatic carbocycles. The van der Waals surface area contributed by atoms with Crippen molar-refractivity contribution in [3.8, 4) is 0 Å². The molecule has 0 aliphatic carbocycles. The van der Waals surface area contributed by atoms with Crippen molar-refractivity contribution in [3.05, 3.63) is 230 Å². The lowest BCUT2D eigenvalue weighted by molar-refractivity contribution is 0.974. The second-order valence-electron chi connectivity index (χ2n) is 13.4. The normalized spacial score (nSPS) is 8.00. The standard InChI is InChI=1S/2C10H9N.C6H7N.4C5H6N2.C4H5N3.8C2H6/c1-8-4-2-5-9-6-3-7-11-10(8)9;1-8-3-2-4-9-5-6-11-7-10(8)9;1-6-2-4-7-5-3-6;1-5-2-6-4-7-3-5;1-5-4-6-2-3-7-5;1-5-2-3-6-4-7-5;1-5-6-3-2-4-7-5;1-4-6-2-5-3-7-4;8*1-2/h2*2-7H,1H3;2-5H,1H3;4*2-4H,1H3;2-3H,1H3;8*1-2H3. The van der Waals surface area contributed by atoms with Gasteiger partial charge in [-0.05, 0) is 119 Å². The molecule has 0 bridgehead atoms. The van der Waals surface area contributed by atoms with Crippen LogP contribution < -0.4 is 0 Å². The van der Waals surface area contributed by atoms with Crippen LogP contribution in [0.1, 0.15) is 156 Å². The number of benzene rings is 2. The van der Waals surface area contributed by atoms with Gasteiger partial charge in [0.2, 0.25) is 0 Å². The maximum atomic E-state index is 4.28. The molecule has 10 rings (SSSR count). The van der Waals surface area contributed by atoms with Crippen LogP contribution in [0.15, 0.2) is 185 Å². The second-order valence-corrected chi connectivity index (χ2v) is 13.4. The number of hydrogen-bond donors (Lipinski definition) is 0. The number of nitrogens with zero attached hydrogens (tertiary/aromatic N) is 14. The van der Waals surface area contributed by atoms with Crippen molar-refractivity contribution in [1.82, 2.24) is 69.8 Å². The Morgan fingerprint density at radius 3 is 1.09 bits per heavy atom. The Morgan fingerprint density at radius 1 is 0.250 bits per heavy atom. The largest absolute Gasteiger partial charge is 0.265 e. The molecule has 14 nitrogen and oxygen atoms in total. The number of fused-ring (bicyclic) bond motifs is 2. The van der Waals surface area contributed by atoms with Crippen LogP contribution >= 0.6 is 0 Å². The number of hydrogen-bond acceptors (Lipinski definition) is 14. The Morgan fingerprint density at radius 2 is 0.725 bits per heavy atom. The summed E-state index contributed by atoms with van der Waals surface area (Å²) in [5, 5.41) is 3.72. The predicted molar refractivity (Wildman–Crippen MR) is 344 cm³/mol. The highest BCUT2D eigenvalue weighted by molar-refractivity contribution is 5.84. The van der Waals surface area contributed by atoms with Gasteiger partial charge in [-0.2, -0.15) is 0 Å². The predicted octanol–water partition coefficient (Wildman–Crippen LogP) is 18.0. The molecular formula is C66H102N14. The third kappa shape index (κ3) is 49.3. The van der Waals surface area contributed by atoms with Crippen LogP contribution in [0.4, 0.5) is 0 Å². The molecule has 0 radical (unpaired) electrons. The van der Waals surface area contributed by atoms with Crippen LogP contribution in [-0.4, -0.2) is 69.8 Å². The van der Waals surface area contributed by atoms with Crippen molar-refractivity contribution >= 4 is 21.7 Å². The molecule has 0 aliphatic rings. The van der Waals surface area contributed by atoms with Crippen LogP contribution in [-0.2, 0) is 0 Å². The van der Waals surface area contributed by atoms with E-state index in [1.807, 2.05) is 201 Å². The average molecular weight is 1090 g/mol. The number of pyridine rings is 3. The molecule has 0 aliphatic heterocycles. The number of rotatable bonds is 0. The van der Waals surface area contributed by atoms with Crippen molar-refractivity contribution in [1.29, 1.82) is 0 Å². The quantitative estimate of drug-likeness (QED) is 0.140. The molecule has 0 atom stereocenters. The summed E-state index contributed by atoms with van der Waals surface area (Å²) in [5.41, 5.74) is 7.96. The minimum absolute atomic E-state index is 0.759. The molecule has 0 spiro atoms. The first-order valence-electron chi connectivity index (χ1n) is 28.1. The second kappa shape index (κ2) is 66.9. The zero-order chi connectivity index (χ0) is 62.0. The molecule has 10 aromatic rings. The molecule has 0 saturated carbocycles. The van der Waals surface area contributed by atoms with E-state index in [0.29, 0.717) is 0 Å². The third-order valence-electron chi connectivity index (χ3n) is 8.01. The van der Waals surface area contributed by atoms with E-state index in [9.17, 15) is 0 Å². The zero-order valence-electron chi connectivity index (χ0n) is 53.6. The molecule has 8 heterocycles. The molecule has 0 fully saturated rings. The monoisotopic (exact) mass is 1090 g/mol. The third-order valence-corrected chi connectivity index (χ3v) is 8.01. The molecular weight excluding hydrogens is 989 g/mol. The fourth-order valence-corrected chi connectivity index (χ4v) is 4.72. The number of aryl methyl sites for hydroxylation is 8. The highest BCUT2D eigenvalue weighted by Crippen LogP contribution is 2.15. The lowest BCUT2D eigenvalue weighted by Crippen LogP contribution is -1.84. The van der Waals surface area contributed by atoms with E-state index < -0.39 is 0 Å². The Kier molecular flexibility index (Phi) is 69.4. The van der Waals surface area contributed by atoms with E-state index in [-0.39, 0.29) is 0 Å². The maximum Gasteiger partial charge on any atom is 0.128 e. The lowest BCUT2D eigenvalue weighted by atomic mass is 10.1. The van der Waals surface area contributed by atoms with Crippen molar-refractivity contribution < 1.29 is 0 Å². The highest BCUT2D eigenvalue weighted by atomic mass is 15.0. The van der Waals surface area contributed by atoms with Gasteiger partial charge in [-0.3, -0.25) is 24.9 Å². The van der Waals surface area contributed by atoms with E-state index in [0.717, 1.165) is 34.1 Å². The summed E-state index contributed by atoms with van der Waals surface area (Å²) in [6.07, 6.45) is 28.9. The molecule has 436 valence electrons. The Hall–Kier alpha value is -8.26. The topological polar surface area (TPSA) is 180 Å². The van der Waals surface area contributed by atoms with Crippen molar-refractivity contribution in [3.63, 3.8) is 0 Å². The summed E-state index contributed by atoms with van der Waals surface area (Å²) in [5.74, 6) is 1.58. The zero-order valence-corrected chi connectivity index (χ0v) is 53.6. The maximum absolute atomic E-state index is 4.28. The molecule has 0 saturated heterocycles. The van der Waals surface area contributed by atoms with E-state index in [1.54, 1.807) is 68.0 Å². The van der Waals surface area contributed by atoms with Gasteiger partial charge >= 0.3 is 0 Å². The summed E-state index contributed by atoms with van der Waals surface area (Å²) in [4.78, 5) is 54.0. The van der Waals surface area contributed by atoms with Crippen molar-refractivity contribution in [2.75, 3.05) is 0 Å². The summed E-state index contributed by atoms with van der Waals surface area (Å²) in [7, 11) is 0. The van der Waals surface area contributed by atoms with Crippen LogP contribution in [0.2, 0.25) is 0 Å². The van der Waals surface area contributed by atoms with Crippen LogP contribution in [0.3, 0.4) is 0 Å². The van der Waals surface area contributed by atoms with Gasteiger partial charge in [0.05, 0.1) is 11.2 Å². The van der Waals surface area contributed by atoms with Gasteiger partial charge in [0, 0.05) is 97.0 Å². The molecule has 80 heavy (non-hydrogen) atoms. The van der Waals surface area contributed by atoms with Gasteiger partial charge < -0.3 is 0 Å². The molecule has 0 amide bonds. The summed E-state index contributed by atoms with van der Waals surface area (Å²) >= 11 is 0. The number of para-hydroxylation sites is 1. The summed E-state index contributed by atoms with van der Waals surface area (Å²) in [6.45, 7) is 47.7. The van der Waals surface area contributed by atoms with Gasteiger partial charge in [0.1, 0.15) is 37.0 Å². The lowest BCUT2D eigenvalue weighted by Gasteiger charge is -1.98. The molecule has 14 heteroatoms. The van der Waals surface area contributed by atoms with E-state index in [4.69, 9.17) is 0 Å². The van der Waals surface area contributed by atoms with Crippen LogP contribution in [0.5, 0.6) is 0 Å². The first kappa shape index (κ1) is 83.1. The number of aromatic nitrogens is 14. The van der Waals surface area contributed by atoms with Crippen LogP contribution in [0, 0.1) is 55.4 Å². The Labute approximate surface area is 485 Å². The minimum atomic E-state index is 0.759. The first-order chi connectivity index (χ1) is 39.1. The molecule has 0 unspecified atom stereocenters. The molecule has 0 N–H and O–H groups in total. The summed E-state index contributed by atoms with van der Waals surface area (Å²) < 4.78 is 0. The van der Waals surface area contributed by atoms with Gasteiger partial charge in [-0.15, -0.1) is 0 Å². The Balaban J connectivity index is -0.000000190. The average Bonchev–Trinajstić information content (AvgIpc) is 3.54. The SMILES string of the molecule is CC.CC.CC.CC.CC.CC.CC.CC.Cc1cccc2cccnc12.Cc1cccc2ccncc12.Cc1ccncc1.Cc1ccncn1.Cc1cnccn1.Cc1cncnc1.Cc1ncccn1.Cc1ncncn1. The highest BCUT2D eigenvalue weighted by Gasteiger charge is 1.94. The van der Waals surface area contributed by atoms with E-state index in [1.165, 1.54) is 58.2 Å². The van der Waals surface area contributed by atoms with Crippen molar-refractivity contribution in [2.45, 2.75) is 166 Å². The Bertz CT molecular complexity index is 2310. The van der Waals surface area contributed by atoms with E-state index >= 15 is 0 Å². The summed E-state index contributed by atoms with van der Waals surface area (Å²) in [6, 6.07) is 26.2. The minimum Gasteiger partial charge on any atom is -0.265 e. The fraction of sp³-hybridized carbons (Fsp3) is 0.364. The van der Waals surface area contributed by atoms with Gasteiger partial charge in [-0.25, -0.2) is 44.9 Å². The van der Waals surface area contributed by atoms with Gasteiger partial charge in [0.25, 0.3) is 0 Å². The van der Waals surface area contributed by atoms with Crippen LogP contribution in [0.25, 0.3) is 21.7 Å². The van der Waals surface area contributed by atoms with E-state index in [2.05, 4.69) is 126 Å². The smallest absolute Gasteiger partial charge is 0.128 e. The van der Waals surface area contributed by atoms with Crippen molar-refractivity contribution in [2.24, 2.45) is 0 Å². The first-order valence-corrected chi connectivity index (χ1v) is 28.1. The molecule has 8 aromatic heterocycles. The fourth-order valence-electron chi connectivity index (χ4n) is 4.72. The van der Waals surface area contributed by atoms with Gasteiger partial charge in [-0.1, -0.05) is 153 Å².